The summed E-state index contributed by atoms with van der Waals surface area (Å²) in [5.41, 5.74) is 6.92. The number of amides is 1. The first-order valence-electron chi connectivity index (χ1n) is 7.97. The number of hydrogen-bond acceptors (Lipinski definition) is 6. The molecule has 0 unspecified atom stereocenters. The van der Waals surface area contributed by atoms with E-state index < -0.39 is 0 Å². The molecule has 0 bridgehead atoms. The molecule has 128 valence electrons. The Morgan fingerprint density at radius 1 is 1.29 bits per heavy atom. The Hall–Kier alpha value is -1.96. The maximum absolute atomic E-state index is 10.9. The topological polar surface area (TPSA) is 77.7 Å². The third kappa shape index (κ3) is 4.77. The van der Waals surface area contributed by atoms with Gasteiger partial charge in [-0.15, -0.1) is 11.3 Å². The van der Waals surface area contributed by atoms with Crippen LogP contribution in [0.1, 0.15) is 5.69 Å². The van der Waals surface area contributed by atoms with Gasteiger partial charge in [0.15, 0.2) is 0 Å². The number of carbonyl (C=O) groups is 1. The molecule has 0 spiro atoms. The highest BCUT2D eigenvalue weighted by Crippen LogP contribution is 2.25. The molecule has 0 radical (unpaired) electrons. The summed E-state index contributed by atoms with van der Waals surface area (Å²) in [6.45, 7) is 5.13. The van der Waals surface area contributed by atoms with Crippen molar-refractivity contribution >= 4 is 17.2 Å². The standard InChI is InChI=1S/C17H21N3O3S/c18-16(21)11-14-12-24-17(19-14)13-1-3-15(4-2-13)23-10-7-20-5-8-22-9-6-20/h1-4,12H,5-11H2,(H2,18,21). The van der Waals surface area contributed by atoms with Crippen molar-refractivity contribution in [3.8, 4) is 16.3 Å². The minimum Gasteiger partial charge on any atom is -0.492 e. The number of morpholine rings is 1. The third-order valence-corrected chi connectivity index (χ3v) is 4.73. The highest BCUT2D eigenvalue weighted by atomic mass is 32.1. The van der Waals surface area contributed by atoms with Crippen molar-refractivity contribution in [2.24, 2.45) is 5.73 Å². The van der Waals surface area contributed by atoms with Crippen molar-refractivity contribution in [3.63, 3.8) is 0 Å². The Kier molecular flexibility index (Phi) is 5.79. The van der Waals surface area contributed by atoms with Gasteiger partial charge in [-0.1, -0.05) is 0 Å². The van der Waals surface area contributed by atoms with Crippen molar-refractivity contribution in [3.05, 3.63) is 35.3 Å². The zero-order valence-corrected chi connectivity index (χ0v) is 14.3. The average Bonchev–Trinajstić information content (AvgIpc) is 3.04. The lowest BCUT2D eigenvalue weighted by Crippen LogP contribution is -2.38. The van der Waals surface area contributed by atoms with Crippen LogP contribution in [0.25, 0.3) is 10.6 Å². The fourth-order valence-electron chi connectivity index (χ4n) is 2.51. The van der Waals surface area contributed by atoms with Crippen LogP contribution in [0.3, 0.4) is 0 Å². The van der Waals surface area contributed by atoms with Crippen LogP contribution in [0.4, 0.5) is 0 Å². The van der Waals surface area contributed by atoms with Gasteiger partial charge in [-0.05, 0) is 24.3 Å². The number of thiazole rings is 1. The van der Waals surface area contributed by atoms with Gasteiger partial charge in [0.05, 0.1) is 25.3 Å². The predicted molar refractivity (Wildman–Crippen MR) is 93.2 cm³/mol. The van der Waals surface area contributed by atoms with E-state index in [0.29, 0.717) is 12.3 Å². The van der Waals surface area contributed by atoms with Crippen molar-refractivity contribution in [1.29, 1.82) is 0 Å². The average molecular weight is 347 g/mol. The van der Waals surface area contributed by atoms with Gasteiger partial charge in [-0.25, -0.2) is 4.98 Å². The second kappa shape index (κ2) is 8.23. The second-order valence-electron chi connectivity index (χ2n) is 5.61. The summed E-state index contributed by atoms with van der Waals surface area (Å²) in [7, 11) is 0. The summed E-state index contributed by atoms with van der Waals surface area (Å²) in [4.78, 5) is 17.7. The van der Waals surface area contributed by atoms with E-state index >= 15 is 0 Å². The summed E-state index contributed by atoms with van der Waals surface area (Å²) in [5, 5.41) is 2.75. The highest BCUT2D eigenvalue weighted by molar-refractivity contribution is 7.13. The van der Waals surface area contributed by atoms with Crippen LogP contribution in [0, 0.1) is 0 Å². The number of carbonyl (C=O) groups excluding carboxylic acids is 1. The summed E-state index contributed by atoms with van der Waals surface area (Å²) in [6, 6.07) is 7.86. The SMILES string of the molecule is NC(=O)Cc1csc(-c2ccc(OCCN3CCOCC3)cc2)n1. The molecule has 2 heterocycles. The molecule has 0 atom stereocenters. The lowest BCUT2D eigenvalue weighted by atomic mass is 10.2. The zero-order chi connectivity index (χ0) is 16.8. The Bertz CT molecular complexity index is 666. The molecular formula is C17H21N3O3S. The molecule has 0 saturated carbocycles. The Labute approximate surface area is 145 Å². The zero-order valence-electron chi connectivity index (χ0n) is 13.4. The lowest BCUT2D eigenvalue weighted by molar-refractivity contribution is -0.117. The number of ether oxygens (including phenoxy) is 2. The molecule has 1 aliphatic rings. The molecular weight excluding hydrogens is 326 g/mol. The van der Waals surface area contributed by atoms with E-state index in [-0.39, 0.29) is 12.3 Å². The monoisotopic (exact) mass is 347 g/mol. The van der Waals surface area contributed by atoms with Gasteiger partial charge in [-0.3, -0.25) is 9.69 Å². The first kappa shape index (κ1) is 16.9. The molecule has 3 rings (SSSR count). The van der Waals surface area contributed by atoms with Gasteiger partial charge in [0.1, 0.15) is 17.4 Å². The smallest absolute Gasteiger partial charge is 0.223 e. The number of hydrogen-bond donors (Lipinski definition) is 1. The minimum absolute atomic E-state index is 0.180. The molecule has 1 aromatic carbocycles. The van der Waals surface area contributed by atoms with Crippen molar-refractivity contribution in [1.82, 2.24) is 9.88 Å². The Balaban J connectivity index is 1.51. The first-order valence-corrected chi connectivity index (χ1v) is 8.85. The fourth-order valence-corrected chi connectivity index (χ4v) is 3.34. The molecule has 1 fully saturated rings. The molecule has 6 nitrogen and oxygen atoms in total. The number of nitrogens with zero attached hydrogens (tertiary/aromatic N) is 2. The van der Waals surface area contributed by atoms with Gasteiger partial charge in [0.2, 0.25) is 5.91 Å². The van der Waals surface area contributed by atoms with Crippen LogP contribution in [0.5, 0.6) is 5.75 Å². The van der Waals surface area contributed by atoms with E-state index in [1.165, 1.54) is 11.3 Å². The van der Waals surface area contributed by atoms with Crippen molar-refractivity contribution < 1.29 is 14.3 Å². The quantitative estimate of drug-likeness (QED) is 0.822. The van der Waals surface area contributed by atoms with E-state index in [2.05, 4.69) is 9.88 Å². The number of nitrogens with two attached hydrogens (primary N) is 1. The largest absolute Gasteiger partial charge is 0.492 e. The minimum atomic E-state index is -0.365. The first-order chi connectivity index (χ1) is 11.7. The van der Waals surface area contributed by atoms with Gasteiger partial charge in [0.25, 0.3) is 0 Å². The number of primary amides is 1. The van der Waals surface area contributed by atoms with E-state index in [4.69, 9.17) is 15.2 Å². The van der Waals surface area contributed by atoms with Crippen LogP contribution in [0.2, 0.25) is 0 Å². The Morgan fingerprint density at radius 3 is 2.75 bits per heavy atom. The molecule has 1 saturated heterocycles. The number of rotatable bonds is 7. The van der Waals surface area contributed by atoms with Crippen LogP contribution in [0.15, 0.2) is 29.6 Å². The third-order valence-electron chi connectivity index (χ3n) is 3.79. The van der Waals surface area contributed by atoms with Gasteiger partial charge >= 0.3 is 0 Å². The van der Waals surface area contributed by atoms with E-state index in [0.717, 1.165) is 49.2 Å². The van der Waals surface area contributed by atoms with Gasteiger partial charge in [0, 0.05) is 30.6 Å². The molecule has 1 amide bonds. The summed E-state index contributed by atoms with van der Waals surface area (Å²) in [5.74, 6) is 0.483. The van der Waals surface area contributed by atoms with Crippen LogP contribution >= 0.6 is 11.3 Å². The molecule has 1 aliphatic heterocycles. The highest BCUT2D eigenvalue weighted by Gasteiger charge is 2.10. The summed E-state index contributed by atoms with van der Waals surface area (Å²) < 4.78 is 11.1. The normalized spacial score (nSPS) is 15.3. The molecule has 24 heavy (non-hydrogen) atoms. The maximum Gasteiger partial charge on any atom is 0.223 e. The van der Waals surface area contributed by atoms with Gasteiger partial charge in [-0.2, -0.15) is 0 Å². The second-order valence-corrected chi connectivity index (χ2v) is 6.47. The summed E-state index contributed by atoms with van der Waals surface area (Å²) in [6.07, 6.45) is 0.180. The van der Waals surface area contributed by atoms with E-state index in [1.807, 2.05) is 29.6 Å². The maximum atomic E-state index is 10.9. The lowest BCUT2D eigenvalue weighted by Gasteiger charge is -2.26. The van der Waals surface area contributed by atoms with E-state index in [1.54, 1.807) is 0 Å². The molecule has 7 heteroatoms. The predicted octanol–water partition coefficient (Wildman–Crippen LogP) is 1.55. The molecule has 2 aromatic rings. The Morgan fingerprint density at radius 2 is 2.04 bits per heavy atom. The number of aromatic nitrogens is 1. The number of benzene rings is 1. The molecule has 0 aliphatic carbocycles. The molecule has 1 aromatic heterocycles. The van der Waals surface area contributed by atoms with Crippen LogP contribution in [-0.4, -0.2) is 55.2 Å². The van der Waals surface area contributed by atoms with Crippen molar-refractivity contribution in [2.75, 3.05) is 39.5 Å². The van der Waals surface area contributed by atoms with Gasteiger partial charge < -0.3 is 15.2 Å². The fraction of sp³-hybridized carbons (Fsp3) is 0.412. The van der Waals surface area contributed by atoms with Crippen molar-refractivity contribution in [2.45, 2.75) is 6.42 Å². The van der Waals surface area contributed by atoms with Crippen LogP contribution < -0.4 is 10.5 Å². The van der Waals surface area contributed by atoms with E-state index in [9.17, 15) is 4.79 Å². The summed E-state index contributed by atoms with van der Waals surface area (Å²) >= 11 is 1.51. The van der Waals surface area contributed by atoms with Crippen LogP contribution in [-0.2, 0) is 16.0 Å². The molecule has 2 N–H and O–H groups in total.